The van der Waals surface area contributed by atoms with Crippen molar-refractivity contribution < 1.29 is 4.79 Å². The van der Waals surface area contributed by atoms with Gasteiger partial charge in [0.05, 0.1) is 28.4 Å². The molecule has 33 heavy (non-hydrogen) atoms. The van der Waals surface area contributed by atoms with Gasteiger partial charge in [0, 0.05) is 10.8 Å². The van der Waals surface area contributed by atoms with E-state index in [1.807, 2.05) is 54.0 Å². The van der Waals surface area contributed by atoms with Gasteiger partial charge >= 0.3 is 0 Å². The van der Waals surface area contributed by atoms with Gasteiger partial charge in [-0.15, -0.1) is 22.8 Å². The van der Waals surface area contributed by atoms with Crippen molar-refractivity contribution in [1.82, 2.24) is 19.7 Å². The van der Waals surface area contributed by atoms with E-state index >= 15 is 0 Å². The minimum Gasteiger partial charge on any atom is -0.306 e. The number of aromatic nitrogens is 3. The summed E-state index contributed by atoms with van der Waals surface area (Å²) < 4.78 is 2.01. The quantitative estimate of drug-likeness (QED) is 0.268. The molecule has 0 aliphatic carbocycles. The first-order chi connectivity index (χ1) is 15.9. The smallest absolute Gasteiger partial charge is 0.196 e. The summed E-state index contributed by atoms with van der Waals surface area (Å²) in [5.74, 6) is 1.29. The number of carbonyl (C=O) groups is 1. The van der Waals surface area contributed by atoms with Crippen molar-refractivity contribution in [1.29, 1.82) is 0 Å². The number of ketones is 1. The summed E-state index contributed by atoms with van der Waals surface area (Å²) in [5.41, 5.74) is 2.60. The highest BCUT2D eigenvalue weighted by Crippen LogP contribution is 2.33. The molecule has 6 nitrogen and oxygen atoms in total. The Balaban J connectivity index is 1.54. The maximum atomic E-state index is 12.5. The third-order valence-corrected chi connectivity index (χ3v) is 7.29. The van der Waals surface area contributed by atoms with E-state index in [1.54, 1.807) is 0 Å². The Bertz CT molecular complexity index is 1170. The fourth-order valence-electron chi connectivity index (χ4n) is 3.82. The molecule has 0 N–H and O–H groups in total. The van der Waals surface area contributed by atoms with Gasteiger partial charge in [-0.3, -0.25) is 14.4 Å². The lowest BCUT2D eigenvalue weighted by molar-refractivity contribution is -0.110. The molecule has 1 aliphatic heterocycles. The lowest BCUT2D eigenvalue weighted by Crippen LogP contribution is -2.30. The van der Waals surface area contributed by atoms with Crippen LogP contribution in [-0.2, 0) is 4.79 Å². The van der Waals surface area contributed by atoms with Crippen LogP contribution in [0.5, 0.6) is 0 Å². The average molecular weight is 500 g/mol. The van der Waals surface area contributed by atoms with Crippen molar-refractivity contribution in [3.63, 3.8) is 0 Å². The third kappa shape index (κ3) is 5.87. The first-order valence-electron chi connectivity index (χ1n) is 10.8. The van der Waals surface area contributed by atoms with Crippen molar-refractivity contribution in [3.8, 4) is 5.69 Å². The summed E-state index contributed by atoms with van der Waals surface area (Å²) in [7, 11) is 2.14. The number of Topliss-reactive ketones (excluding diaryl/α,β-unsaturated/α-hetero) is 1. The SMILES string of the molecule is Cc1ccc(N=CC(=O)CSc2nnc(C3CCN(C)CC3)n2-c2ccccc2Cl)c(S)c1. The van der Waals surface area contributed by atoms with Crippen LogP contribution in [0.1, 0.15) is 30.1 Å². The molecule has 1 aromatic heterocycles. The molecule has 0 unspecified atom stereocenters. The highest BCUT2D eigenvalue weighted by atomic mass is 35.5. The van der Waals surface area contributed by atoms with E-state index in [0.29, 0.717) is 21.8 Å². The monoisotopic (exact) mass is 499 g/mol. The number of hydrogen-bond donors (Lipinski definition) is 1. The number of para-hydroxylation sites is 1. The van der Waals surface area contributed by atoms with Crippen LogP contribution < -0.4 is 0 Å². The van der Waals surface area contributed by atoms with Gasteiger partial charge in [-0.05, 0) is 69.7 Å². The van der Waals surface area contributed by atoms with Gasteiger partial charge in [-0.2, -0.15) is 0 Å². The van der Waals surface area contributed by atoms with Gasteiger partial charge in [0.25, 0.3) is 0 Å². The van der Waals surface area contributed by atoms with Gasteiger partial charge < -0.3 is 4.90 Å². The molecule has 1 aliphatic rings. The Morgan fingerprint density at radius 2 is 2.00 bits per heavy atom. The van der Waals surface area contributed by atoms with E-state index in [2.05, 4.69) is 39.8 Å². The molecule has 1 saturated heterocycles. The number of carbonyl (C=O) groups excluding carboxylic acids is 1. The molecule has 0 amide bonds. The molecule has 9 heteroatoms. The Labute approximate surface area is 208 Å². The van der Waals surface area contributed by atoms with Crippen molar-refractivity contribution in [2.45, 2.75) is 35.7 Å². The predicted octanol–water partition coefficient (Wildman–Crippen LogP) is 5.39. The molecule has 2 aromatic carbocycles. The molecule has 0 spiro atoms. The van der Waals surface area contributed by atoms with Gasteiger partial charge in [-0.25, -0.2) is 0 Å². The summed E-state index contributed by atoms with van der Waals surface area (Å²) in [4.78, 5) is 19.9. The number of piperidine rings is 1. The molecular weight excluding hydrogens is 474 g/mol. The van der Waals surface area contributed by atoms with Crippen molar-refractivity contribution in [3.05, 3.63) is 58.9 Å². The minimum atomic E-state index is -0.108. The number of halogens is 1. The number of hydrogen-bond acceptors (Lipinski definition) is 7. The number of benzene rings is 2. The molecule has 0 saturated carbocycles. The second-order valence-corrected chi connectivity index (χ2v) is 10.0. The predicted molar refractivity (Wildman–Crippen MR) is 138 cm³/mol. The standard InChI is InChI=1S/C24H26ClN5OS2/c1-16-7-8-20(22(32)13-16)26-14-18(31)15-33-24-28-27-23(17-9-11-29(2)12-10-17)30(24)21-6-4-3-5-19(21)25/h3-8,13-14,17,32H,9-12,15H2,1-2H3. The van der Waals surface area contributed by atoms with Crippen LogP contribution in [0.15, 0.2) is 57.5 Å². The Morgan fingerprint density at radius 3 is 2.73 bits per heavy atom. The van der Waals surface area contributed by atoms with Crippen LogP contribution in [-0.4, -0.2) is 57.6 Å². The first-order valence-corrected chi connectivity index (χ1v) is 12.6. The molecule has 0 radical (unpaired) electrons. The average Bonchev–Trinajstić information content (AvgIpc) is 3.21. The first kappa shape index (κ1) is 24.0. The zero-order valence-corrected chi connectivity index (χ0v) is 21.1. The molecule has 1 fully saturated rings. The molecule has 0 bridgehead atoms. The minimum absolute atomic E-state index is 0.108. The summed E-state index contributed by atoms with van der Waals surface area (Å²) in [6.07, 6.45) is 3.38. The molecule has 172 valence electrons. The number of nitrogens with zero attached hydrogens (tertiary/aromatic N) is 5. The number of aliphatic imine (C=N–C) groups is 1. The topological polar surface area (TPSA) is 63.4 Å². The zero-order chi connectivity index (χ0) is 23.4. The zero-order valence-electron chi connectivity index (χ0n) is 18.6. The van der Waals surface area contributed by atoms with Crippen LogP contribution in [0.3, 0.4) is 0 Å². The van der Waals surface area contributed by atoms with Gasteiger partial charge in [0.15, 0.2) is 10.9 Å². The van der Waals surface area contributed by atoms with E-state index in [1.165, 1.54) is 18.0 Å². The summed E-state index contributed by atoms with van der Waals surface area (Å²) in [6.45, 7) is 4.03. The number of rotatable bonds is 7. The van der Waals surface area contributed by atoms with E-state index in [-0.39, 0.29) is 11.5 Å². The number of thiol groups is 1. The molecule has 2 heterocycles. The van der Waals surface area contributed by atoms with Crippen LogP contribution in [0.4, 0.5) is 5.69 Å². The third-order valence-electron chi connectivity index (χ3n) is 5.66. The van der Waals surface area contributed by atoms with Crippen LogP contribution in [0, 0.1) is 6.92 Å². The second kappa shape index (κ2) is 10.9. The highest BCUT2D eigenvalue weighted by molar-refractivity contribution is 7.99. The summed E-state index contributed by atoms with van der Waals surface area (Å²) in [6, 6.07) is 13.4. The van der Waals surface area contributed by atoms with E-state index in [0.717, 1.165) is 47.9 Å². The number of thioether (sulfide) groups is 1. The molecule has 3 aromatic rings. The second-order valence-electron chi connectivity index (χ2n) is 8.21. The largest absolute Gasteiger partial charge is 0.306 e. The normalized spacial score (nSPS) is 15.4. The van der Waals surface area contributed by atoms with Gasteiger partial charge in [-0.1, -0.05) is 41.6 Å². The molecular formula is C24H26ClN5OS2. The Hall–Kier alpha value is -2.13. The van der Waals surface area contributed by atoms with Crippen LogP contribution in [0.2, 0.25) is 5.02 Å². The van der Waals surface area contributed by atoms with E-state index < -0.39 is 0 Å². The lowest BCUT2D eigenvalue weighted by Gasteiger charge is -2.28. The van der Waals surface area contributed by atoms with E-state index in [9.17, 15) is 4.79 Å². The highest BCUT2D eigenvalue weighted by Gasteiger charge is 2.26. The number of aryl methyl sites for hydroxylation is 1. The van der Waals surface area contributed by atoms with Gasteiger partial charge in [0.1, 0.15) is 5.82 Å². The van der Waals surface area contributed by atoms with Crippen molar-refractivity contribution in [2.75, 3.05) is 25.9 Å². The fourth-order valence-corrected chi connectivity index (χ4v) is 5.14. The number of likely N-dealkylation sites (tertiary alicyclic amines) is 1. The van der Waals surface area contributed by atoms with Crippen LogP contribution >= 0.6 is 36.0 Å². The van der Waals surface area contributed by atoms with Crippen LogP contribution in [0.25, 0.3) is 5.69 Å². The lowest BCUT2D eigenvalue weighted by atomic mass is 9.96. The fraction of sp³-hybridized carbons (Fsp3) is 0.333. The Morgan fingerprint density at radius 1 is 1.24 bits per heavy atom. The van der Waals surface area contributed by atoms with E-state index in [4.69, 9.17) is 11.6 Å². The molecule has 4 rings (SSSR count). The van der Waals surface area contributed by atoms with Gasteiger partial charge in [0.2, 0.25) is 0 Å². The van der Waals surface area contributed by atoms with Crippen molar-refractivity contribution >= 4 is 53.7 Å². The van der Waals surface area contributed by atoms with Crippen molar-refractivity contribution in [2.24, 2.45) is 4.99 Å². The summed E-state index contributed by atoms with van der Waals surface area (Å²) >= 11 is 12.3. The maximum absolute atomic E-state index is 12.5. The molecule has 0 atom stereocenters. The maximum Gasteiger partial charge on any atom is 0.196 e. The summed E-state index contributed by atoms with van der Waals surface area (Å²) in [5, 5.41) is 10.3. The Kier molecular flexibility index (Phi) is 7.90.